The van der Waals surface area contributed by atoms with E-state index in [4.69, 9.17) is 9.47 Å². The van der Waals surface area contributed by atoms with Gasteiger partial charge in [-0.3, -0.25) is 4.79 Å². The highest BCUT2D eigenvalue weighted by molar-refractivity contribution is 5.97. The summed E-state index contributed by atoms with van der Waals surface area (Å²) in [7, 11) is 1.65. The summed E-state index contributed by atoms with van der Waals surface area (Å²) in [6.45, 7) is 10.4. The second-order valence-electron chi connectivity index (χ2n) is 7.63. The molecular formula is C21H33NO3. The molecule has 0 unspecified atom stereocenters. The van der Waals surface area contributed by atoms with Gasteiger partial charge >= 0.3 is 0 Å². The molecule has 1 aliphatic rings. The molecule has 25 heavy (non-hydrogen) atoms. The normalized spacial score (nSPS) is 24.6. The minimum atomic E-state index is -0.703. The topological polar surface area (TPSA) is 47.6 Å². The molecule has 0 spiro atoms. The van der Waals surface area contributed by atoms with Gasteiger partial charge in [-0.2, -0.15) is 0 Å². The van der Waals surface area contributed by atoms with Crippen molar-refractivity contribution in [3.8, 4) is 5.75 Å². The summed E-state index contributed by atoms with van der Waals surface area (Å²) in [5.74, 6) is 1.39. The molecule has 0 aliphatic heterocycles. The molecular weight excluding hydrogens is 314 g/mol. The van der Waals surface area contributed by atoms with Gasteiger partial charge in [-0.1, -0.05) is 20.3 Å². The number of hydrogen-bond acceptors (Lipinski definition) is 3. The zero-order valence-corrected chi connectivity index (χ0v) is 16.6. The van der Waals surface area contributed by atoms with Crippen LogP contribution in [0.3, 0.4) is 0 Å². The van der Waals surface area contributed by atoms with E-state index in [2.05, 4.69) is 26.1 Å². The second-order valence-corrected chi connectivity index (χ2v) is 7.63. The fourth-order valence-electron chi connectivity index (χ4n) is 3.73. The third kappa shape index (κ3) is 4.55. The zero-order chi connectivity index (χ0) is 18.6. The summed E-state index contributed by atoms with van der Waals surface area (Å²) >= 11 is 0. The van der Waals surface area contributed by atoms with Crippen molar-refractivity contribution in [3.05, 3.63) is 23.3 Å². The van der Waals surface area contributed by atoms with Crippen molar-refractivity contribution in [1.82, 2.24) is 0 Å². The molecule has 0 saturated heterocycles. The maximum absolute atomic E-state index is 12.9. The number of benzene rings is 1. The molecule has 1 N–H and O–H groups in total. The highest BCUT2D eigenvalue weighted by Gasteiger charge is 2.42. The van der Waals surface area contributed by atoms with Gasteiger partial charge in [0.15, 0.2) is 0 Å². The Kier molecular flexibility index (Phi) is 6.50. The van der Waals surface area contributed by atoms with Gasteiger partial charge < -0.3 is 14.8 Å². The van der Waals surface area contributed by atoms with Crippen LogP contribution in [-0.4, -0.2) is 24.7 Å². The first kappa shape index (κ1) is 19.8. The number of aryl methyl sites for hydroxylation is 2. The number of nitrogens with one attached hydrogen (secondary N) is 1. The van der Waals surface area contributed by atoms with Gasteiger partial charge in [0.1, 0.15) is 11.4 Å². The van der Waals surface area contributed by atoms with Crippen LogP contribution in [0.2, 0.25) is 0 Å². The van der Waals surface area contributed by atoms with Gasteiger partial charge in [0.2, 0.25) is 0 Å². The molecule has 4 nitrogen and oxygen atoms in total. The van der Waals surface area contributed by atoms with E-state index >= 15 is 0 Å². The Balaban J connectivity index is 2.18. The minimum absolute atomic E-state index is 0.0315. The van der Waals surface area contributed by atoms with E-state index < -0.39 is 5.60 Å². The predicted octanol–water partition coefficient (Wildman–Crippen LogP) is 5.01. The largest absolute Gasteiger partial charge is 0.490 e. The van der Waals surface area contributed by atoms with Crippen molar-refractivity contribution in [2.75, 3.05) is 12.4 Å². The van der Waals surface area contributed by atoms with E-state index in [1.165, 1.54) is 0 Å². The van der Waals surface area contributed by atoms with Crippen molar-refractivity contribution >= 4 is 11.6 Å². The third-order valence-electron chi connectivity index (χ3n) is 5.37. The van der Waals surface area contributed by atoms with E-state index in [9.17, 15) is 4.79 Å². The number of carbonyl (C=O) groups is 1. The zero-order valence-electron chi connectivity index (χ0n) is 16.6. The molecule has 1 aromatic rings. The lowest BCUT2D eigenvalue weighted by atomic mass is 9.78. The maximum Gasteiger partial charge on any atom is 0.256 e. The summed E-state index contributed by atoms with van der Waals surface area (Å²) in [4.78, 5) is 12.9. The maximum atomic E-state index is 12.9. The molecule has 140 valence electrons. The Hall–Kier alpha value is -1.55. The number of methoxy groups -OCH3 is 1. The molecule has 0 aromatic heterocycles. The first-order valence-corrected chi connectivity index (χ1v) is 9.45. The molecule has 2 rings (SSSR count). The quantitative estimate of drug-likeness (QED) is 0.786. The highest BCUT2D eigenvalue weighted by atomic mass is 16.5. The Morgan fingerprint density at radius 1 is 1.36 bits per heavy atom. The first-order chi connectivity index (χ1) is 11.8. The SMILES string of the molecule is CC[C@H](C)Oc1c(C)cc(NC(=O)[C@]2(OC)CCC[C@H](C)C2)cc1C. The predicted molar refractivity (Wildman–Crippen MR) is 102 cm³/mol. The summed E-state index contributed by atoms with van der Waals surface area (Å²) in [6.07, 6.45) is 4.90. The van der Waals surface area contributed by atoms with Crippen molar-refractivity contribution in [3.63, 3.8) is 0 Å². The lowest BCUT2D eigenvalue weighted by Gasteiger charge is -2.37. The summed E-state index contributed by atoms with van der Waals surface area (Å²) in [6, 6.07) is 3.97. The molecule has 1 aliphatic carbocycles. The van der Waals surface area contributed by atoms with Crippen molar-refractivity contribution < 1.29 is 14.3 Å². The van der Waals surface area contributed by atoms with Crippen LogP contribution < -0.4 is 10.1 Å². The highest BCUT2D eigenvalue weighted by Crippen LogP contribution is 2.36. The van der Waals surface area contributed by atoms with Crippen LogP contribution in [0, 0.1) is 19.8 Å². The number of anilines is 1. The fourth-order valence-corrected chi connectivity index (χ4v) is 3.73. The Bertz CT molecular complexity index is 590. The van der Waals surface area contributed by atoms with E-state index in [-0.39, 0.29) is 12.0 Å². The van der Waals surface area contributed by atoms with Gasteiger partial charge in [-0.05, 0) is 75.6 Å². The molecule has 0 radical (unpaired) electrons. The van der Waals surface area contributed by atoms with Crippen molar-refractivity contribution in [2.24, 2.45) is 5.92 Å². The fraction of sp³-hybridized carbons (Fsp3) is 0.667. The van der Waals surface area contributed by atoms with E-state index in [1.54, 1.807) is 7.11 Å². The van der Waals surface area contributed by atoms with E-state index in [0.717, 1.165) is 54.7 Å². The number of rotatable bonds is 6. The van der Waals surface area contributed by atoms with Gasteiger partial charge in [-0.15, -0.1) is 0 Å². The van der Waals surface area contributed by atoms with Crippen LogP contribution in [-0.2, 0) is 9.53 Å². The molecule has 0 bridgehead atoms. The van der Waals surface area contributed by atoms with Crippen LogP contribution in [0.4, 0.5) is 5.69 Å². The molecule has 1 fully saturated rings. The third-order valence-corrected chi connectivity index (χ3v) is 5.37. The van der Waals surface area contributed by atoms with Gasteiger partial charge in [0.05, 0.1) is 6.10 Å². The molecule has 1 aromatic carbocycles. The molecule has 1 amide bonds. The van der Waals surface area contributed by atoms with Crippen LogP contribution >= 0.6 is 0 Å². The van der Waals surface area contributed by atoms with Gasteiger partial charge in [0, 0.05) is 12.8 Å². The van der Waals surface area contributed by atoms with Crippen LogP contribution in [0.1, 0.15) is 64.0 Å². The molecule has 1 saturated carbocycles. The Morgan fingerprint density at radius 3 is 2.52 bits per heavy atom. The van der Waals surface area contributed by atoms with E-state index in [0.29, 0.717) is 5.92 Å². The van der Waals surface area contributed by atoms with E-state index in [1.807, 2.05) is 26.0 Å². The number of hydrogen-bond donors (Lipinski definition) is 1. The lowest BCUT2D eigenvalue weighted by Crippen LogP contribution is -2.47. The van der Waals surface area contributed by atoms with Crippen LogP contribution in [0.25, 0.3) is 0 Å². The van der Waals surface area contributed by atoms with Gasteiger partial charge in [0.25, 0.3) is 5.91 Å². The average molecular weight is 347 g/mol. The van der Waals surface area contributed by atoms with Crippen LogP contribution in [0.15, 0.2) is 12.1 Å². The lowest BCUT2D eigenvalue weighted by molar-refractivity contribution is -0.143. The van der Waals surface area contributed by atoms with Crippen LogP contribution in [0.5, 0.6) is 5.75 Å². The van der Waals surface area contributed by atoms with Gasteiger partial charge in [-0.25, -0.2) is 0 Å². The molecule has 3 atom stereocenters. The number of ether oxygens (including phenoxy) is 2. The summed E-state index contributed by atoms with van der Waals surface area (Å²) in [5.41, 5.74) is 2.19. The smallest absolute Gasteiger partial charge is 0.256 e. The Labute approximate surface area is 152 Å². The molecule has 0 heterocycles. The van der Waals surface area contributed by atoms with Crippen molar-refractivity contribution in [2.45, 2.75) is 78.4 Å². The monoisotopic (exact) mass is 347 g/mol. The molecule has 4 heteroatoms. The summed E-state index contributed by atoms with van der Waals surface area (Å²) < 4.78 is 11.7. The number of amides is 1. The Morgan fingerprint density at radius 2 is 2.00 bits per heavy atom. The minimum Gasteiger partial charge on any atom is -0.490 e. The first-order valence-electron chi connectivity index (χ1n) is 9.45. The van der Waals surface area contributed by atoms with Crippen molar-refractivity contribution in [1.29, 1.82) is 0 Å². The standard InChI is InChI=1S/C21H33NO3/c1-7-17(5)25-19-15(3)11-18(12-16(19)4)22-20(23)21(24-6)10-8-9-14(2)13-21/h11-12,14,17H,7-10,13H2,1-6H3,(H,22,23)/t14-,17-,21-/m0/s1. The number of carbonyl (C=O) groups excluding carboxylic acids is 1. The second kappa shape index (κ2) is 8.22. The average Bonchev–Trinajstić information content (AvgIpc) is 2.57. The summed E-state index contributed by atoms with van der Waals surface area (Å²) in [5, 5.41) is 3.08.